The summed E-state index contributed by atoms with van der Waals surface area (Å²) < 4.78 is 56.0. The van der Waals surface area contributed by atoms with Crippen LogP contribution in [-0.4, -0.2) is 75.2 Å². The van der Waals surface area contributed by atoms with E-state index in [1.54, 1.807) is 6.20 Å². The largest absolute Gasteiger partial charge is 0.488 e. The summed E-state index contributed by atoms with van der Waals surface area (Å²) in [7, 11) is -4.39. The second kappa shape index (κ2) is 7.10. The number of fused-ring (bicyclic) bond motifs is 1. The maximum Gasteiger partial charge on any atom is 0.215 e. The lowest BCUT2D eigenvalue weighted by molar-refractivity contribution is 0.0765. The van der Waals surface area contributed by atoms with Crippen LogP contribution in [0.3, 0.4) is 0 Å². The van der Waals surface area contributed by atoms with E-state index in [4.69, 9.17) is 4.74 Å². The summed E-state index contributed by atoms with van der Waals surface area (Å²) in [5.74, 6) is -0.227. The molecule has 0 unspecified atom stereocenters. The molecule has 1 aromatic heterocycles. The fraction of sp³-hybridized carbons (Fsp3) is 0.438. The quantitative estimate of drug-likeness (QED) is 0.673. The van der Waals surface area contributed by atoms with Crippen molar-refractivity contribution in [3.63, 3.8) is 0 Å². The first kappa shape index (κ1) is 19.0. The van der Waals surface area contributed by atoms with Gasteiger partial charge in [0.05, 0.1) is 30.1 Å². The lowest BCUT2D eigenvalue weighted by Gasteiger charge is -2.37. The van der Waals surface area contributed by atoms with Gasteiger partial charge >= 0.3 is 0 Å². The highest BCUT2D eigenvalue weighted by Gasteiger charge is 2.37. The van der Waals surface area contributed by atoms with E-state index in [0.29, 0.717) is 5.75 Å². The van der Waals surface area contributed by atoms with Gasteiger partial charge in [-0.15, -0.1) is 0 Å². The third kappa shape index (κ3) is 4.14. The van der Waals surface area contributed by atoms with Crippen molar-refractivity contribution in [2.45, 2.75) is 6.10 Å². The molecule has 10 heteroatoms. The van der Waals surface area contributed by atoms with Crippen LogP contribution >= 0.6 is 0 Å². The van der Waals surface area contributed by atoms with Crippen molar-refractivity contribution in [3.05, 3.63) is 36.5 Å². The van der Waals surface area contributed by atoms with Gasteiger partial charge in [-0.25, -0.2) is 21.1 Å². The first-order chi connectivity index (χ1) is 12.2. The molecule has 1 aliphatic rings. The molecule has 0 bridgehead atoms. The molecule has 1 aliphatic heterocycles. The fourth-order valence-electron chi connectivity index (χ4n) is 2.54. The third-order valence-corrected chi connectivity index (χ3v) is 8.14. The number of benzene rings is 1. The van der Waals surface area contributed by atoms with Gasteiger partial charge in [0.25, 0.3) is 0 Å². The number of aromatic nitrogens is 1. The number of ether oxygens (including phenoxy) is 1. The minimum Gasteiger partial charge on any atom is -0.488 e. The zero-order valence-corrected chi connectivity index (χ0v) is 16.2. The van der Waals surface area contributed by atoms with Crippen LogP contribution in [-0.2, 0) is 20.0 Å². The van der Waals surface area contributed by atoms with E-state index >= 15 is 0 Å². The Morgan fingerprint density at radius 1 is 1.15 bits per heavy atom. The minimum atomic E-state index is -3.61. The standard InChI is InChI=1S/C16H21N3O5S2/c1-18(2)25(20,21)8-9-26(22,23)19-11-15(12-19)24-14-6-5-13-4-3-7-17-16(13)10-14/h3-7,10,15H,8-9,11-12H2,1-2H3. The van der Waals surface area contributed by atoms with Crippen LogP contribution in [0.4, 0.5) is 0 Å². The molecule has 1 aromatic carbocycles. The van der Waals surface area contributed by atoms with Crippen LogP contribution in [0.1, 0.15) is 0 Å². The monoisotopic (exact) mass is 399 g/mol. The molecule has 142 valence electrons. The van der Waals surface area contributed by atoms with E-state index in [1.807, 2.05) is 30.3 Å². The predicted molar refractivity (Wildman–Crippen MR) is 99.0 cm³/mol. The van der Waals surface area contributed by atoms with Crippen molar-refractivity contribution < 1.29 is 21.6 Å². The molecule has 3 rings (SSSR count). The SMILES string of the molecule is CN(C)S(=O)(=O)CCS(=O)(=O)N1CC(Oc2ccc3cccnc3c2)C1. The Kier molecular flexibility index (Phi) is 5.20. The third-order valence-electron chi connectivity index (χ3n) is 4.24. The van der Waals surface area contributed by atoms with Crippen LogP contribution in [0.25, 0.3) is 10.9 Å². The second-order valence-electron chi connectivity index (χ2n) is 6.33. The molecule has 0 spiro atoms. The normalized spacial score (nSPS) is 16.7. The lowest BCUT2D eigenvalue weighted by atomic mass is 10.2. The van der Waals surface area contributed by atoms with E-state index in [2.05, 4.69) is 4.98 Å². The van der Waals surface area contributed by atoms with E-state index in [0.717, 1.165) is 15.2 Å². The summed E-state index contributed by atoms with van der Waals surface area (Å²) in [6.07, 6.45) is 1.45. The summed E-state index contributed by atoms with van der Waals surface area (Å²) in [5.41, 5.74) is 0.808. The van der Waals surface area contributed by atoms with Crippen molar-refractivity contribution >= 4 is 30.9 Å². The van der Waals surface area contributed by atoms with Gasteiger partial charge in [0, 0.05) is 31.7 Å². The molecule has 0 radical (unpaired) electrons. The van der Waals surface area contributed by atoms with Crippen LogP contribution in [0, 0.1) is 0 Å². The Bertz CT molecular complexity index is 999. The highest BCUT2D eigenvalue weighted by atomic mass is 32.2. The molecule has 0 atom stereocenters. The summed E-state index contributed by atoms with van der Waals surface area (Å²) in [4.78, 5) is 4.26. The van der Waals surface area contributed by atoms with Crippen LogP contribution in [0.15, 0.2) is 36.5 Å². The van der Waals surface area contributed by atoms with E-state index in [-0.39, 0.29) is 19.2 Å². The molecule has 1 fully saturated rings. The van der Waals surface area contributed by atoms with E-state index in [9.17, 15) is 16.8 Å². The first-order valence-corrected chi connectivity index (χ1v) is 11.3. The predicted octanol–water partition coefficient (Wildman–Crippen LogP) is 0.519. The van der Waals surface area contributed by atoms with Crippen LogP contribution in [0.5, 0.6) is 5.75 Å². The molecule has 2 aromatic rings. The summed E-state index contributed by atoms with van der Waals surface area (Å²) in [6.45, 7) is 0.426. The van der Waals surface area contributed by atoms with Crippen LogP contribution in [0.2, 0.25) is 0 Å². The smallest absolute Gasteiger partial charge is 0.215 e. The van der Waals surface area contributed by atoms with Gasteiger partial charge in [-0.3, -0.25) is 4.98 Å². The van der Waals surface area contributed by atoms with Crippen molar-refractivity contribution in [2.24, 2.45) is 0 Å². The maximum absolute atomic E-state index is 12.2. The number of hydrogen-bond donors (Lipinski definition) is 0. The lowest BCUT2D eigenvalue weighted by Crippen LogP contribution is -2.57. The molecular weight excluding hydrogens is 378 g/mol. The van der Waals surface area contributed by atoms with Gasteiger partial charge in [-0.1, -0.05) is 6.07 Å². The molecule has 2 heterocycles. The van der Waals surface area contributed by atoms with Crippen molar-refractivity contribution in [2.75, 3.05) is 38.7 Å². The highest BCUT2D eigenvalue weighted by molar-refractivity contribution is 7.92. The highest BCUT2D eigenvalue weighted by Crippen LogP contribution is 2.24. The Morgan fingerprint density at radius 3 is 2.58 bits per heavy atom. The molecule has 0 N–H and O–H groups in total. The molecule has 0 aliphatic carbocycles. The van der Waals surface area contributed by atoms with Gasteiger partial charge in [0.2, 0.25) is 20.0 Å². The molecule has 0 saturated carbocycles. The van der Waals surface area contributed by atoms with Gasteiger partial charge in [-0.05, 0) is 18.2 Å². The maximum atomic E-state index is 12.2. The molecule has 0 amide bonds. The van der Waals surface area contributed by atoms with Gasteiger partial charge in [-0.2, -0.15) is 4.31 Å². The number of nitrogens with zero attached hydrogens (tertiary/aromatic N) is 3. The van der Waals surface area contributed by atoms with E-state index < -0.39 is 31.6 Å². The van der Waals surface area contributed by atoms with Gasteiger partial charge in [0.15, 0.2) is 0 Å². The zero-order valence-electron chi connectivity index (χ0n) is 14.6. The Hall–Kier alpha value is -1.75. The van der Waals surface area contributed by atoms with E-state index in [1.165, 1.54) is 18.4 Å². The zero-order chi connectivity index (χ0) is 18.9. The van der Waals surface area contributed by atoms with Crippen molar-refractivity contribution in [1.82, 2.24) is 13.6 Å². The fourth-order valence-corrected chi connectivity index (χ4v) is 5.63. The summed E-state index contributed by atoms with van der Waals surface area (Å²) >= 11 is 0. The number of rotatable bonds is 7. The molecular formula is C16H21N3O5S2. The summed E-state index contributed by atoms with van der Waals surface area (Å²) in [5, 5.41) is 1.000. The summed E-state index contributed by atoms with van der Waals surface area (Å²) in [6, 6.07) is 9.34. The van der Waals surface area contributed by atoms with Crippen LogP contribution < -0.4 is 4.74 Å². The first-order valence-electron chi connectivity index (χ1n) is 8.07. The molecule has 8 nitrogen and oxygen atoms in total. The van der Waals surface area contributed by atoms with Crippen molar-refractivity contribution in [1.29, 1.82) is 0 Å². The second-order valence-corrected chi connectivity index (χ2v) is 10.7. The average molecular weight is 399 g/mol. The number of hydrogen-bond acceptors (Lipinski definition) is 6. The minimum absolute atomic E-state index is 0.213. The topological polar surface area (TPSA) is 96.9 Å². The Labute approximate surface area is 153 Å². The van der Waals surface area contributed by atoms with Crippen molar-refractivity contribution in [3.8, 4) is 5.75 Å². The van der Waals surface area contributed by atoms with Gasteiger partial charge < -0.3 is 4.74 Å². The number of pyridine rings is 1. The number of sulfonamides is 2. The molecule has 26 heavy (non-hydrogen) atoms. The average Bonchev–Trinajstić information content (AvgIpc) is 2.55. The Balaban J connectivity index is 1.56. The molecule has 1 saturated heterocycles. The Morgan fingerprint density at radius 2 is 1.88 bits per heavy atom. The van der Waals surface area contributed by atoms with Gasteiger partial charge in [0.1, 0.15) is 11.9 Å².